The monoisotopic (exact) mass is 410 g/mol. The number of rotatable bonds is 9. The molecule has 7 heteroatoms. The number of aliphatic hydroxyl groups is 1. The van der Waals surface area contributed by atoms with Crippen LogP contribution >= 0.6 is 0 Å². The van der Waals surface area contributed by atoms with Gasteiger partial charge in [-0.05, 0) is 42.9 Å². The third-order valence-corrected chi connectivity index (χ3v) is 7.36. The molecule has 0 radical (unpaired) electrons. The number of carbonyl (C=O) groups is 1. The second kappa shape index (κ2) is 10.4. The van der Waals surface area contributed by atoms with Gasteiger partial charge in [0, 0.05) is 32.1 Å². The van der Waals surface area contributed by atoms with E-state index in [1.807, 2.05) is 12.1 Å². The van der Waals surface area contributed by atoms with Gasteiger partial charge in [-0.1, -0.05) is 39.3 Å². The van der Waals surface area contributed by atoms with Gasteiger partial charge in [0.25, 0.3) is 0 Å². The van der Waals surface area contributed by atoms with Crippen molar-refractivity contribution in [3.63, 3.8) is 0 Å². The zero-order valence-corrected chi connectivity index (χ0v) is 18.1. The number of carbonyl (C=O) groups excluding carboxylic acids is 1. The van der Waals surface area contributed by atoms with E-state index in [0.717, 1.165) is 18.4 Å². The van der Waals surface area contributed by atoms with Crippen LogP contribution in [0.2, 0.25) is 0 Å². The van der Waals surface area contributed by atoms with E-state index < -0.39 is 10.0 Å². The van der Waals surface area contributed by atoms with Crippen molar-refractivity contribution in [3.8, 4) is 0 Å². The Bertz CT molecular complexity index is 723. The lowest BCUT2D eigenvalue weighted by molar-refractivity contribution is -0.137. The fourth-order valence-corrected chi connectivity index (χ4v) is 5.05. The first-order chi connectivity index (χ1) is 13.3. The Kier molecular flexibility index (Phi) is 8.46. The molecule has 0 bridgehead atoms. The Morgan fingerprint density at radius 2 is 1.79 bits per heavy atom. The van der Waals surface area contributed by atoms with Crippen LogP contribution in [0.5, 0.6) is 0 Å². The van der Waals surface area contributed by atoms with E-state index >= 15 is 0 Å². The molecule has 1 amide bonds. The van der Waals surface area contributed by atoms with Crippen molar-refractivity contribution in [2.45, 2.75) is 57.3 Å². The van der Waals surface area contributed by atoms with Crippen LogP contribution in [0.1, 0.15) is 57.9 Å². The molecule has 1 fully saturated rings. The molecule has 0 saturated carbocycles. The van der Waals surface area contributed by atoms with Crippen molar-refractivity contribution < 1.29 is 18.3 Å². The Labute approximate surface area is 169 Å². The van der Waals surface area contributed by atoms with E-state index in [-0.39, 0.29) is 18.4 Å². The lowest BCUT2D eigenvalue weighted by atomic mass is 9.96. The molecule has 1 N–H and O–H groups in total. The van der Waals surface area contributed by atoms with Gasteiger partial charge in [0.05, 0.1) is 11.5 Å². The van der Waals surface area contributed by atoms with Gasteiger partial charge >= 0.3 is 0 Å². The third kappa shape index (κ3) is 5.55. The first-order valence-corrected chi connectivity index (χ1v) is 11.7. The Morgan fingerprint density at radius 3 is 2.29 bits per heavy atom. The van der Waals surface area contributed by atoms with Crippen LogP contribution in [0.25, 0.3) is 0 Å². The molecule has 1 heterocycles. The number of benzene rings is 1. The van der Waals surface area contributed by atoms with Crippen molar-refractivity contribution in [3.05, 3.63) is 29.8 Å². The van der Waals surface area contributed by atoms with Crippen LogP contribution in [0, 0.1) is 5.92 Å². The molecule has 0 aliphatic carbocycles. The van der Waals surface area contributed by atoms with Crippen molar-refractivity contribution in [2.75, 3.05) is 32.8 Å². The molecular formula is C21H34N2O4S. The van der Waals surface area contributed by atoms with E-state index in [9.17, 15) is 18.3 Å². The van der Waals surface area contributed by atoms with Crippen LogP contribution in [0.4, 0.5) is 0 Å². The molecule has 0 aromatic heterocycles. The average Bonchev–Trinajstić information content (AvgIpc) is 2.70. The molecule has 0 atom stereocenters. The number of piperidine rings is 1. The number of unbranched alkanes of at least 4 members (excludes halogenated alkanes) is 1. The van der Waals surface area contributed by atoms with Gasteiger partial charge in [0.15, 0.2) is 0 Å². The third-order valence-electron chi connectivity index (χ3n) is 5.45. The minimum Gasteiger partial charge on any atom is -0.395 e. The lowest BCUT2D eigenvalue weighted by Gasteiger charge is -2.33. The summed E-state index contributed by atoms with van der Waals surface area (Å²) in [4.78, 5) is 14.8. The highest BCUT2D eigenvalue weighted by Crippen LogP contribution is 2.26. The number of hydrogen-bond donors (Lipinski definition) is 1. The van der Waals surface area contributed by atoms with Gasteiger partial charge in [-0.3, -0.25) is 4.79 Å². The Morgan fingerprint density at radius 1 is 1.18 bits per heavy atom. The molecule has 28 heavy (non-hydrogen) atoms. The summed E-state index contributed by atoms with van der Waals surface area (Å²) < 4.78 is 27.3. The second-order valence-electron chi connectivity index (χ2n) is 7.80. The summed E-state index contributed by atoms with van der Waals surface area (Å²) in [7, 11) is -3.53. The predicted molar refractivity (Wildman–Crippen MR) is 111 cm³/mol. The molecule has 158 valence electrons. The van der Waals surface area contributed by atoms with Crippen molar-refractivity contribution in [1.29, 1.82) is 0 Å². The fourth-order valence-electron chi connectivity index (χ4n) is 3.58. The van der Waals surface area contributed by atoms with Crippen LogP contribution in [0.15, 0.2) is 29.2 Å². The lowest BCUT2D eigenvalue weighted by Crippen LogP contribution is -2.45. The zero-order valence-electron chi connectivity index (χ0n) is 17.3. The normalized spacial score (nSPS) is 16.5. The van der Waals surface area contributed by atoms with E-state index in [2.05, 4.69) is 20.8 Å². The first kappa shape index (κ1) is 22.8. The van der Waals surface area contributed by atoms with Crippen LogP contribution < -0.4 is 0 Å². The van der Waals surface area contributed by atoms with Gasteiger partial charge in [-0.25, -0.2) is 8.42 Å². The smallest absolute Gasteiger partial charge is 0.243 e. The number of hydrogen-bond acceptors (Lipinski definition) is 4. The van der Waals surface area contributed by atoms with Crippen molar-refractivity contribution in [2.24, 2.45) is 5.92 Å². The van der Waals surface area contributed by atoms with Gasteiger partial charge in [0.1, 0.15) is 0 Å². The number of nitrogens with zero attached hydrogens (tertiary/aromatic N) is 2. The van der Waals surface area contributed by atoms with Crippen LogP contribution in [0.3, 0.4) is 0 Å². The summed E-state index contributed by atoms with van der Waals surface area (Å²) in [6.45, 7) is 7.87. The summed E-state index contributed by atoms with van der Waals surface area (Å²) in [5.74, 6) is 0.229. The summed E-state index contributed by atoms with van der Waals surface area (Å²) >= 11 is 0. The molecule has 1 aliphatic heterocycles. The van der Waals surface area contributed by atoms with Gasteiger partial charge in [0.2, 0.25) is 15.9 Å². The molecule has 1 aromatic rings. The zero-order chi connectivity index (χ0) is 20.7. The summed E-state index contributed by atoms with van der Waals surface area (Å²) in [5, 5.41) is 9.23. The molecule has 1 saturated heterocycles. The maximum Gasteiger partial charge on any atom is 0.243 e. The van der Waals surface area contributed by atoms with Crippen molar-refractivity contribution >= 4 is 15.9 Å². The Balaban J connectivity index is 2.00. The first-order valence-electron chi connectivity index (χ1n) is 10.3. The minimum absolute atomic E-state index is 0.0424. The largest absolute Gasteiger partial charge is 0.395 e. The van der Waals surface area contributed by atoms with Gasteiger partial charge in [-0.15, -0.1) is 0 Å². The fraction of sp³-hybridized carbons (Fsp3) is 0.667. The van der Waals surface area contributed by atoms with E-state index in [4.69, 9.17) is 0 Å². The minimum atomic E-state index is -3.53. The maximum absolute atomic E-state index is 12.9. The molecular weight excluding hydrogens is 376 g/mol. The van der Waals surface area contributed by atoms with E-state index in [0.29, 0.717) is 49.8 Å². The highest BCUT2D eigenvalue weighted by Gasteiger charge is 2.33. The topological polar surface area (TPSA) is 77.9 Å². The molecule has 0 unspecified atom stereocenters. The SMILES string of the molecule is CCCCN(CCO)C(=O)C1CCN(S(=O)(=O)c2ccc(C(C)C)cc2)CC1. The highest BCUT2D eigenvalue weighted by molar-refractivity contribution is 7.89. The molecule has 6 nitrogen and oxygen atoms in total. The van der Waals surface area contributed by atoms with E-state index in [1.54, 1.807) is 17.0 Å². The quantitative estimate of drug-likeness (QED) is 0.679. The molecule has 0 spiro atoms. The summed E-state index contributed by atoms with van der Waals surface area (Å²) in [6, 6.07) is 7.09. The van der Waals surface area contributed by atoms with Crippen LogP contribution in [-0.4, -0.2) is 61.4 Å². The molecule has 2 rings (SSSR count). The summed E-state index contributed by atoms with van der Waals surface area (Å²) in [5.41, 5.74) is 1.11. The number of amides is 1. The summed E-state index contributed by atoms with van der Waals surface area (Å²) in [6.07, 6.45) is 2.94. The van der Waals surface area contributed by atoms with Crippen molar-refractivity contribution in [1.82, 2.24) is 9.21 Å². The van der Waals surface area contributed by atoms with Gasteiger partial charge in [-0.2, -0.15) is 4.31 Å². The predicted octanol–water partition coefficient (Wildman–Crippen LogP) is 2.83. The number of sulfonamides is 1. The van der Waals surface area contributed by atoms with Gasteiger partial charge < -0.3 is 10.0 Å². The molecule has 1 aliphatic rings. The highest BCUT2D eigenvalue weighted by atomic mass is 32.2. The average molecular weight is 411 g/mol. The standard InChI is InChI=1S/C21H34N2O4S/c1-4-5-12-22(15-16-24)21(25)19-10-13-23(14-11-19)28(26,27)20-8-6-18(7-9-20)17(2)3/h6-9,17,19,24H,4-5,10-16H2,1-3H3. The number of aliphatic hydroxyl groups excluding tert-OH is 1. The maximum atomic E-state index is 12.9. The second-order valence-corrected chi connectivity index (χ2v) is 9.74. The van der Waals surface area contributed by atoms with Crippen LogP contribution in [-0.2, 0) is 14.8 Å². The van der Waals surface area contributed by atoms with E-state index in [1.165, 1.54) is 4.31 Å². The Hall–Kier alpha value is -1.44. The molecule has 1 aromatic carbocycles.